The summed E-state index contributed by atoms with van der Waals surface area (Å²) in [6.45, 7) is 0.815. The number of ether oxygens (including phenoxy) is 1. The molecule has 2 aliphatic rings. The molecule has 9 nitrogen and oxygen atoms in total. The molecule has 35 heavy (non-hydrogen) atoms. The summed E-state index contributed by atoms with van der Waals surface area (Å²) in [7, 11) is 0. The summed E-state index contributed by atoms with van der Waals surface area (Å²) in [6.07, 6.45) is 4.52. The number of benzene rings is 2. The van der Waals surface area contributed by atoms with Crippen molar-refractivity contribution in [3.8, 4) is 0 Å². The largest absolute Gasteiger partial charge is 0.455 e. The summed E-state index contributed by atoms with van der Waals surface area (Å²) >= 11 is 0. The van der Waals surface area contributed by atoms with Crippen LogP contribution in [0.5, 0.6) is 0 Å². The van der Waals surface area contributed by atoms with Crippen molar-refractivity contribution in [3.63, 3.8) is 0 Å². The van der Waals surface area contributed by atoms with E-state index in [4.69, 9.17) is 4.74 Å². The normalized spacial score (nSPS) is 15.3. The summed E-state index contributed by atoms with van der Waals surface area (Å²) < 4.78 is 5.23. The smallest absolute Gasteiger partial charge is 0.309 e. The molecule has 1 aliphatic heterocycles. The maximum atomic E-state index is 12.8. The number of amides is 1. The van der Waals surface area contributed by atoms with Crippen LogP contribution in [0.2, 0.25) is 0 Å². The summed E-state index contributed by atoms with van der Waals surface area (Å²) in [4.78, 5) is 60.9. The van der Waals surface area contributed by atoms with Crippen LogP contribution in [-0.4, -0.2) is 53.1 Å². The molecule has 3 aromatic rings. The van der Waals surface area contributed by atoms with Gasteiger partial charge in [-0.3, -0.25) is 19.2 Å². The average Bonchev–Trinajstić information content (AvgIpc) is 2.91. The number of hydrogen-bond acceptors (Lipinski definition) is 8. The minimum Gasteiger partial charge on any atom is -0.455 e. The molecule has 0 saturated carbocycles. The molecule has 1 fully saturated rings. The second kappa shape index (κ2) is 9.46. The second-order valence-corrected chi connectivity index (χ2v) is 8.43. The highest BCUT2D eigenvalue weighted by Gasteiger charge is 2.30. The fourth-order valence-corrected chi connectivity index (χ4v) is 4.40. The van der Waals surface area contributed by atoms with Crippen molar-refractivity contribution in [3.05, 3.63) is 83.2 Å². The van der Waals surface area contributed by atoms with E-state index >= 15 is 0 Å². The molecule has 1 aliphatic carbocycles. The molecule has 0 spiro atoms. The van der Waals surface area contributed by atoms with Crippen molar-refractivity contribution in [2.75, 3.05) is 29.9 Å². The molecular weight excluding hydrogens is 448 g/mol. The topological polar surface area (TPSA) is 119 Å². The van der Waals surface area contributed by atoms with E-state index in [1.807, 2.05) is 4.90 Å². The minimum atomic E-state index is -0.525. The van der Waals surface area contributed by atoms with E-state index in [9.17, 15) is 19.2 Å². The molecule has 1 amide bonds. The van der Waals surface area contributed by atoms with E-state index in [-0.39, 0.29) is 23.0 Å². The minimum absolute atomic E-state index is 0.230. The van der Waals surface area contributed by atoms with E-state index in [2.05, 4.69) is 15.3 Å². The first-order valence-corrected chi connectivity index (χ1v) is 11.3. The fourth-order valence-electron chi connectivity index (χ4n) is 4.40. The van der Waals surface area contributed by atoms with Crippen LogP contribution in [-0.2, 0) is 14.3 Å². The molecule has 1 N–H and O–H groups in total. The molecule has 2 aromatic carbocycles. The van der Waals surface area contributed by atoms with Crippen molar-refractivity contribution in [2.45, 2.75) is 12.8 Å². The van der Waals surface area contributed by atoms with Gasteiger partial charge < -0.3 is 15.0 Å². The molecular formula is C26H22N4O5. The van der Waals surface area contributed by atoms with Crippen molar-refractivity contribution >= 4 is 35.1 Å². The molecule has 5 rings (SSSR count). The zero-order valence-electron chi connectivity index (χ0n) is 18.8. The lowest BCUT2D eigenvalue weighted by Crippen LogP contribution is -2.38. The summed E-state index contributed by atoms with van der Waals surface area (Å²) in [5.41, 5.74) is 1.59. The van der Waals surface area contributed by atoms with Crippen LogP contribution in [0.4, 0.5) is 11.6 Å². The van der Waals surface area contributed by atoms with Gasteiger partial charge in [-0.05, 0) is 37.1 Å². The molecule has 0 radical (unpaired) electrons. The van der Waals surface area contributed by atoms with E-state index in [0.29, 0.717) is 54.3 Å². The van der Waals surface area contributed by atoms with E-state index in [1.54, 1.807) is 48.8 Å². The number of fused-ring (bicyclic) bond motifs is 2. The number of carbonyl (C=O) groups excluding carboxylic acids is 4. The Bertz CT molecular complexity index is 1320. The van der Waals surface area contributed by atoms with Gasteiger partial charge in [0.1, 0.15) is 0 Å². The third-order valence-corrected chi connectivity index (χ3v) is 6.22. The SMILES string of the molecule is O=C(COC(=O)C1CCN(c2ncccn2)CC1)Nc1ccc2c(c1)C(=O)c1ccccc1C2=O. The van der Waals surface area contributed by atoms with Gasteiger partial charge in [0.15, 0.2) is 18.2 Å². The standard InChI is InChI=1S/C26H22N4O5/c31-22(15-35-25(34)16-8-12-30(13-9-16)26-27-10-3-11-28-26)29-17-6-7-20-21(14-17)24(33)19-5-2-1-4-18(19)23(20)32/h1-7,10-11,14,16H,8-9,12-13,15H2,(H,29,31). The van der Waals surface area contributed by atoms with Gasteiger partial charge in [-0.15, -0.1) is 0 Å². The van der Waals surface area contributed by atoms with Gasteiger partial charge in [-0.2, -0.15) is 0 Å². The van der Waals surface area contributed by atoms with Crippen LogP contribution >= 0.6 is 0 Å². The lowest BCUT2D eigenvalue weighted by atomic mass is 9.84. The first-order valence-electron chi connectivity index (χ1n) is 11.3. The molecule has 9 heteroatoms. The van der Waals surface area contributed by atoms with Crippen molar-refractivity contribution in [1.82, 2.24) is 9.97 Å². The van der Waals surface area contributed by atoms with Crippen molar-refractivity contribution in [1.29, 1.82) is 0 Å². The van der Waals surface area contributed by atoms with E-state index in [0.717, 1.165) is 0 Å². The number of carbonyl (C=O) groups is 4. The number of aromatic nitrogens is 2. The van der Waals surface area contributed by atoms with Crippen LogP contribution in [0.25, 0.3) is 0 Å². The highest BCUT2D eigenvalue weighted by atomic mass is 16.5. The Morgan fingerprint density at radius 1 is 0.886 bits per heavy atom. The van der Waals surface area contributed by atoms with Gasteiger partial charge >= 0.3 is 5.97 Å². The predicted molar refractivity (Wildman–Crippen MR) is 126 cm³/mol. The Morgan fingerprint density at radius 2 is 1.51 bits per heavy atom. The third-order valence-electron chi connectivity index (χ3n) is 6.22. The highest BCUT2D eigenvalue weighted by molar-refractivity contribution is 6.28. The summed E-state index contributed by atoms with van der Waals surface area (Å²) in [6, 6.07) is 13.0. The first kappa shape index (κ1) is 22.4. The highest BCUT2D eigenvalue weighted by Crippen LogP contribution is 2.29. The fraction of sp³-hybridized carbons (Fsp3) is 0.231. The zero-order valence-corrected chi connectivity index (χ0v) is 18.8. The number of rotatable bonds is 5. The predicted octanol–water partition coefficient (Wildman–Crippen LogP) is 2.65. The second-order valence-electron chi connectivity index (χ2n) is 8.43. The zero-order chi connectivity index (χ0) is 24.4. The number of esters is 1. The molecule has 0 unspecified atom stereocenters. The number of ketones is 2. The van der Waals surface area contributed by atoms with Crippen LogP contribution < -0.4 is 10.2 Å². The Labute approximate surface area is 201 Å². The van der Waals surface area contributed by atoms with Gasteiger partial charge in [0.2, 0.25) is 5.95 Å². The van der Waals surface area contributed by atoms with Gasteiger partial charge in [0, 0.05) is 53.4 Å². The van der Waals surface area contributed by atoms with Gasteiger partial charge in [0.05, 0.1) is 5.92 Å². The molecule has 2 heterocycles. The Hall–Kier alpha value is -4.40. The quantitative estimate of drug-likeness (QED) is 0.442. The van der Waals surface area contributed by atoms with Crippen molar-refractivity contribution in [2.24, 2.45) is 5.92 Å². The number of nitrogens with zero attached hydrogens (tertiary/aromatic N) is 3. The maximum absolute atomic E-state index is 12.8. The number of hydrogen-bond donors (Lipinski definition) is 1. The van der Waals surface area contributed by atoms with Crippen LogP contribution in [0.15, 0.2) is 60.9 Å². The lowest BCUT2D eigenvalue weighted by Gasteiger charge is -2.30. The monoisotopic (exact) mass is 470 g/mol. The van der Waals surface area contributed by atoms with Gasteiger partial charge in [-0.25, -0.2) is 9.97 Å². The number of piperidine rings is 1. The van der Waals surface area contributed by atoms with Gasteiger partial charge in [0.25, 0.3) is 5.91 Å². The molecule has 1 saturated heterocycles. The molecule has 176 valence electrons. The number of anilines is 2. The average molecular weight is 470 g/mol. The van der Waals surface area contributed by atoms with Crippen molar-refractivity contribution < 1.29 is 23.9 Å². The first-order chi connectivity index (χ1) is 17.0. The van der Waals surface area contributed by atoms with Crippen LogP contribution in [0.3, 0.4) is 0 Å². The van der Waals surface area contributed by atoms with Crippen LogP contribution in [0, 0.1) is 5.92 Å². The van der Waals surface area contributed by atoms with Crippen LogP contribution in [0.1, 0.15) is 44.7 Å². The molecule has 0 bridgehead atoms. The molecule has 1 aromatic heterocycles. The number of nitrogens with one attached hydrogen (secondary N) is 1. The van der Waals surface area contributed by atoms with E-state index in [1.165, 1.54) is 12.1 Å². The lowest BCUT2D eigenvalue weighted by molar-refractivity contribution is -0.152. The maximum Gasteiger partial charge on any atom is 0.309 e. The Morgan fingerprint density at radius 3 is 2.20 bits per heavy atom. The van der Waals surface area contributed by atoms with E-state index < -0.39 is 18.5 Å². The summed E-state index contributed by atoms with van der Waals surface area (Å²) in [5, 5.41) is 2.63. The van der Waals surface area contributed by atoms with Gasteiger partial charge in [-0.1, -0.05) is 24.3 Å². The summed E-state index contributed by atoms with van der Waals surface area (Å²) in [5.74, 6) is -1.11. The molecule has 0 atom stereocenters. The Kier molecular flexibility index (Phi) is 6.05. The third kappa shape index (κ3) is 4.52. The Balaban J connectivity index is 1.15.